The first-order valence-corrected chi connectivity index (χ1v) is 5.74. The number of carboxylic acid groups (broad SMARTS) is 1. The van der Waals surface area contributed by atoms with Gasteiger partial charge in [-0.1, -0.05) is 18.2 Å². The van der Waals surface area contributed by atoms with Crippen LogP contribution in [0, 0.1) is 0 Å². The lowest BCUT2D eigenvalue weighted by Crippen LogP contribution is -2.48. The average Bonchev–Trinajstić information content (AvgIpc) is 2.37. The standard InChI is InChI=1S/C13H18N2O3/c1-9(13(17)18)14-12(16)10(2)15(3)11-7-5-4-6-8-11/h4-10H,1-3H3,(H,14,16)(H,17,18). The molecule has 1 amide bonds. The number of benzene rings is 1. The lowest BCUT2D eigenvalue weighted by atomic mass is 10.2. The second kappa shape index (κ2) is 6.05. The van der Waals surface area contributed by atoms with Crippen LogP contribution in [0.2, 0.25) is 0 Å². The minimum atomic E-state index is -1.04. The predicted molar refractivity (Wildman–Crippen MR) is 69.5 cm³/mol. The van der Waals surface area contributed by atoms with Gasteiger partial charge >= 0.3 is 5.97 Å². The molecule has 0 fully saturated rings. The fraction of sp³-hybridized carbons (Fsp3) is 0.385. The lowest BCUT2D eigenvalue weighted by molar-refractivity contribution is -0.141. The van der Waals surface area contributed by atoms with E-state index in [9.17, 15) is 9.59 Å². The molecule has 0 saturated heterocycles. The first-order chi connectivity index (χ1) is 8.43. The highest BCUT2D eigenvalue weighted by Gasteiger charge is 2.22. The Hall–Kier alpha value is -2.04. The topological polar surface area (TPSA) is 69.6 Å². The van der Waals surface area contributed by atoms with Crippen LogP contribution >= 0.6 is 0 Å². The second-order valence-electron chi connectivity index (χ2n) is 4.19. The molecule has 2 atom stereocenters. The van der Waals surface area contributed by atoms with Gasteiger partial charge in [0.2, 0.25) is 5.91 Å². The summed E-state index contributed by atoms with van der Waals surface area (Å²) in [6, 6.07) is 8.13. The number of rotatable bonds is 5. The molecule has 0 bridgehead atoms. The van der Waals surface area contributed by atoms with Crippen LogP contribution in [0.25, 0.3) is 0 Å². The fourth-order valence-electron chi connectivity index (χ4n) is 1.46. The molecule has 0 radical (unpaired) electrons. The van der Waals surface area contributed by atoms with E-state index >= 15 is 0 Å². The largest absolute Gasteiger partial charge is 0.480 e. The van der Waals surface area contributed by atoms with Crippen molar-refractivity contribution in [3.63, 3.8) is 0 Å². The molecule has 2 unspecified atom stereocenters. The van der Waals surface area contributed by atoms with Crippen LogP contribution in [0.1, 0.15) is 13.8 Å². The summed E-state index contributed by atoms with van der Waals surface area (Å²) in [5.74, 6) is -1.35. The van der Waals surface area contributed by atoms with Gasteiger partial charge in [0.15, 0.2) is 0 Å². The number of amides is 1. The van der Waals surface area contributed by atoms with Gasteiger partial charge in [-0.2, -0.15) is 0 Å². The number of hydrogen-bond donors (Lipinski definition) is 2. The Balaban J connectivity index is 2.67. The molecule has 18 heavy (non-hydrogen) atoms. The van der Waals surface area contributed by atoms with E-state index in [4.69, 9.17) is 5.11 Å². The molecular weight excluding hydrogens is 232 g/mol. The number of carboxylic acids is 1. The van der Waals surface area contributed by atoms with Gasteiger partial charge in [-0.3, -0.25) is 9.59 Å². The van der Waals surface area contributed by atoms with Crippen molar-refractivity contribution in [2.24, 2.45) is 0 Å². The van der Waals surface area contributed by atoms with E-state index in [0.29, 0.717) is 0 Å². The molecule has 5 nitrogen and oxygen atoms in total. The van der Waals surface area contributed by atoms with Crippen LogP contribution in [0.4, 0.5) is 5.69 Å². The summed E-state index contributed by atoms with van der Waals surface area (Å²) in [5, 5.41) is 11.2. The van der Waals surface area contributed by atoms with E-state index in [1.807, 2.05) is 30.3 Å². The smallest absolute Gasteiger partial charge is 0.325 e. The Morgan fingerprint density at radius 3 is 2.28 bits per heavy atom. The average molecular weight is 250 g/mol. The summed E-state index contributed by atoms with van der Waals surface area (Å²) in [6.45, 7) is 3.17. The van der Waals surface area contributed by atoms with Crippen LogP contribution in [-0.2, 0) is 9.59 Å². The summed E-state index contributed by atoms with van der Waals surface area (Å²) in [5.41, 5.74) is 0.906. The summed E-state index contributed by atoms with van der Waals surface area (Å²) in [6.07, 6.45) is 0. The van der Waals surface area contributed by atoms with Gasteiger partial charge < -0.3 is 15.3 Å². The predicted octanol–water partition coefficient (Wildman–Crippen LogP) is 1.10. The lowest BCUT2D eigenvalue weighted by Gasteiger charge is -2.26. The SMILES string of the molecule is CC(NC(=O)C(C)N(C)c1ccccc1)C(=O)O. The molecule has 0 spiro atoms. The molecule has 1 rings (SSSR count). The first-order valence-electron chi connectivity index (χ1n) is 5.74. The number of likely N-dealkylation sites (N-methyl/N-ethyl adjacent to an activating group) is 1. The zero-order valence-corrected chi connectivity index (χ0v) is 10.8. The van der Waals surface area contributed by atoms with Gasteiger partial charge in [-0.05, 0) is 26.0 Å². The normalized spacial score (nSPS) is 13.5. The molecule has 1 aromatic rings. The third kappa shape index (κ3) is 3.48. The van der Waals surface area contributed by atoms with Crippen LogP contribution in [-0.4, -0.2) is 36.1 Å². The molecule has 0 aromatic heterocycles. The number of carbonyl (C=O) groups excluding carboxylic acids is 1. The van der Waals surface area contributed by atoms with Crippen molar-refractivity contribution in [1.29, 1.82) is 0 Å². The molecule has 0 saturated carbocycles. The zero-order valence-electron chi connectivity index (χ0n) is 10.8. The second-order valence-corrected chi connectivity index (χ2v) is 4.19. The van der Waals surface area contributed by atoms with E-state index in [0.717, 1.165) is 5.69 Å². The van der Waals surface area contributed by atoms with E-state index < -0.39 is 18.1 Å². The highest BCUT2D eigenvalue weighted by atomic mass is 16.4. The van der Waals surface area contributed by atoms with Crippen molar-refractivity contribution in [2.45, 2.75) is 25.9 Å². The molecule has 0 heterocycles. The van der Waals surface area contributed by atoms with Gasteiger partial charge in [-0.25, -0.2) is 0 Å². The van der Waals surface area contributed by atoms with Gasteiger partial charge in [-0.15, -0.1) is 0 Å². The third-order valence-electron chi connectivity index (χ3n) is 2.85. The minimum Gasteiger partial charge on any atom is -0.480 e. The van der Waals surface area contributed by atoms with Crippen LogP contribution in [0.15, 0.2) is 30.3 Å². The minimum absolute atomic E-state index is 0.309. The molecule has 1 aromatic carbocycles. The number of carbonyl (C=O) groups is 2. The Kier molecular flexibility index (Phi) is 4.71. The summed E-state index contributed by atoms with van der Waals surface area (Å²) in [4.78, 5) is 24.3. The Morgan fingerprint density at radius 1 is 1.22 bits per heavy atom. The quantitative estimate of drug-likeness (QED) is 0.821. The number of nitrogens with one attached hydrogen (secondary N) is 1. The molecular formula is C13H18N2O3. The van der Waals surface area contributed by atoms with E-state index in [1.54, 1.807) is 18.9 Å². The monoisotopic (exact) mass is 250 g/mol. The number of nitrogens with zero attached hydrogens (tertiary/aromatic N) is 1. The van der Waals surface area contributed by atoms with Crippen molar-refractivity contribution in [3.05, 3.63) is 30.3 Å². The number of para-hydroxylation sites is 1. The summed E-state index contributed by atoms with van der Waals surface area (Å²) >= 11 is 0. The van der Waals surface area contributed by atoms with Crippen molar-refractivity contribution in [1.82, 2.24) is 5.32 Å². The molecule has 5 heteroatoms. The third-order valence-corrected chi connectivity index (χ3v) is 2.85. The highest BCUT2D eigenvalue weighted by molar-refractivity contribution is 5.88. The van der Waals surface area contributed by atoms with E-state index in [2.05, 4.69) is 5.32 Å². The van der Waals surface area contributed by atoms with Crippen molar-refractivity contribution in [3.8, 4) is 0 Å². The van der Waals surface area contributed by atoms with Gasteiger partial charge in [0, 0.05) is 12.7 Å². The number of hydrogen-bond acceptors (Lipinski definition) is 3. The Morgan fingerprint density at radius 2 is 1.78 bits per heavy atom. The Labute approximate surface area is 106 Å². The van der Waals surface area contributed by atoms with Crippen LogP contribution in [0.3, 0.4) is 0 Å². The summed E-state index contributed by atoms with van der Waals surface area (Å²) in [7, 11) is 1.80. The van der Waals surface area contributed by atoms with Crippen LogP contribution < -0.4 is 10.2 Å². The van der Waals surface area contributed by atoms with Crippen molar-refractivity contribution in [2.75, 3.05) is 11.9 Å². The number of aliphatic carboxylic acids is 1. The molecule has 0 aliphatic carbocycles. The highest BCUT2D eigenvalue weighted by Crippen LogP contribution is 2.14. The maximum absolute atomic E-state index is 11.9. The van der Waals surface area contributed by atoms with E-state index in [1.165, 1.54) is 6.92 Å². The van der Waals surface area contributed by atoms with Gasteiger partial charge in [0.25, 0.3) is 0 Å². The van der Waals surface area contributed by atoms with E-state index in [-0.39, 0.29) is 5.91 Å². The summed E-state index contributed by atoms with van der Waals surface area (Å²) < 4.78 is 0. The Bertz CT molecular complexity index is 420. The number of anilines is 1. The molecule has 0 aliphatic heterocycles. The zero-order chi connectivity index (χ0) is 13.7. The molecule has 98 valence electrons. The molecule has 2 N–H and O–H groups in total. The first kappa shape index (κ1) is 14.0. The molecule has 0 aliphatic rings. The van der Waals surface area contributed by atoms with Crippen molar-refractivity contribution >= 4 is 17.6 Å². The van der Waals surface area contributed by atoms with Gasteiger partial charge in [0.1, 0.15) is 12.1 Å². The maximum Gasteiger partial charge on any atom is 0.325 e. The van der Waals surface area contributed by atoms with Crippen molar-refractivity contribution < 1.29 is 14.7 Å². The van der Waals surface area contributed by atoms with Gasteiger partial charge in [0.05, 0.1) is 0 Å². The van der Waals surface area contributed by atoms with Crippen LogP contribution in [0.5, 0.6) is 0 Å². The fourth-order valence-corrected chi connectivity index (χ4v) is 1.46. The maximum atomic E-state index is 11.9.